The Kier molecular flexibility index (Phi) is 7.47. The molecule has 216 valence electrons. The molecule has 1 aromatic carbocycles. The Balaban J connectivity index is 1.26. The topological polar surface area (TPSA) is 144 Å². The quantitative estimate of drug-likeness (QED) is 0.295. The Labute approximate surface area is 242 Å². The number of ether oxygens (including phenoxy) is 1. The molecule has 0 unspecified atom stereocenters. The van der Waals surface area contributed by atoms with Gasteiger partial charge >= 0.3 is 0 Å². The number of methoxy groups -OCH3 is 1. The van der Waals surface area contributed by atoms with Crippen LogP contribution in [0.5, 0.6) is 0 Å². The van der Waals surface area contributed by atoms with Crippen LogP contribution in [-0.2, 0) is 9.53 Å². The van der Waals surface area contributed by atoms with Crippen LogP contribution < -0.4 is 5.32 Å². The van der Waals surface area contributed by atoms with E-state index in [1.165, 1.54) is 48.7 Å². The highest BCUT2D eigenvalue weighted by Gasteiger charge is 2.42. The van der Waals surface area contributed by atoms with Gasteiger partial charge in [0.2, 0.25) is 5.91 Å². The molecular weight excluding hydrogens is 572 g/mol. The molecule has 2 N–H and O–H groups in total. The van der Waals surface area contributed by atoms with E-state index >= 15 is 8.78 Å². The van der Waals surface area contributed by atoms with Gasteiger partial charge in [-0.2, -0.15) is 4.68 Å². The third-order valence-corrected chi connectivity index (χ3v) is 7.69. The average molecular weight is 596 g/mol. The molecule has 4 aromatic rings. The van der Waals surface area contributed by atoms with Crippen molar-refractivity contribution in [2.45, 2.75) is 31.3 Å². The molecule has 2 amide bonds. The number of H-pyrrole nitrogens is 1. The minimum absolute atomic E-state index is 0.0797. The second-order valence-corrected chi connectivity index (χ2v) is 10.2. The number of hydrogen-bond acceptors (Lipinski definition) is 8. The van der Waals surface area contributed by atoms with Crippen LogP contribution in [0.2, 0.25) is 5.02 Å². The summed E-state index contributed by atoms with van der Waals surface area (Å²) in [6, 6.07) is 3.83. The maximum Gasteiger partial charge on any atom is 0.273 e. The Bertz CT molecular complexity index is 1690. The summed E-state index contributed by atoms with van der Waals surface area (Å²) in [6.45, 7) is 0.487. The fraction of sp³-hybridized carbons (Fsp3) is 0.296. The van der Waals surface area contributed by atoms with Crippen molar-refractivity contribution in [3.63, 3.8) is 0 Å². The molecule has 1 saturated heterocycles. The molecule has 42 heavy (non-hydrogen) atoms. The van der Waals surface area contributed by atoms with Crippen molar-refractivity contribution in [3.05, 3.63) is 76.7 Å². The fourth-order valence-electron chi connectivity index (χ4n) is 5.51. The van der Waals surface area contributed by atoms with Gasteiger partial charge in [-0.3, -0.25) is 9.59 Å². The Morgan fingerprint density at radius 3 is 2.86 bits per heavy atom. The first-order valence-electron chi connectivity index (χ1n) is 13.1. The first-order chi connectivity index (χ1) is 20.4. The molecule has 15 heteroatoms. The van der Waals surface area contributed by atoms with E-state index in [-0.39, 0.29) is 46.9 Å². The molecule has 2 atom stereocenters. The van der Waals surface area contributed by atoms with E-state index in [1.807, 2.05) is 0 Å². The van der Waals surface area contributed by atoms with Crippen LogP contribution in [0.3, 0.4) is 0 Å². The van der Waals surface area contributed by atoms with Gasteiger partial charge in [-0.1, -0.05) is 11.6 Å². The van der Waals surface area contributed by atoms with E-state index in [9.17, 15) is 9.59 Å². The fourth-order valence-corrected chi connectivity index (χ4v) is 5.67. The molecule has 1 fully saturated rings. The van der Waals surface area contributed by atoms with Crippen LogP contribution in [0.1, 0.15) is 47.2 Å². The molecule has 0 aliphatic carbocycles. The largest absolute Gasteiger partial charge is 0.383 e. The van der Waals surface area contributed by atoms with E-state index in [1.54, 1.807) is 11.0 Å². The highest BCUT2D eigenvalue weighted by molar-refractivity contribution is 6.31. The molecule has 6 rings (SSSR count). The number of aromatic nitrogens is 7. The number of carbonyl (C=O) groups is 2. The number of pyridine rings is 1. The van der Waals surface area contributed by atoms with Crippen molar-refractivity contribution in [1.82, 2.24) is 45.4 Å². The standard InChI is InChI=1S/C27H24ClF2N9O3/c1-42-9-8-32-27(41)25-23(29)16(6-7-31-25)18-12-33-26(35-18)20-4-2-15-10-14(11-21(40)39(15)20)22-19(38-13-34-36-37-38)5-3-17(28)24(22)30/h3,5-7,11-13,15,20H,2,4,8-10H2,1H3,(H,32,41)(H,33,35)/t15-,20+/m1/s1. The van der Waals surface area contributed by atoms with Crippen molar-refractivity contribution >= 4 is 29.0 Å². The van der Waals surface area contributed by atoms with E-state index in [0.29, 0.717) is 42.0 Å². The normalized spacial score (nSPS) is 18.2. The highest BCUT2D eigenvalue weighted by atomic mass is 35.5. The van der Waals surface area contributed by atoms with Crippen molar-refractivity contribution in [2.24, 2.45) is 0 Å². The zero-order valence-corrected chi connectivity index (χ0v) is 23.0. The summed E-state index contributed by atoms with van der Waals surface area (Å²) in [5.74, 6) is -1.95. The van der Waals surface area contributed by atoms with Crippen LogP contribution in [0, 0.1) is 11.6 Å². The summed E-state index contributed by atoms with van der Waals surface area (Å²) in [4.78, 5) is 39.1. The predicted octanol–water partition coefficient (Wildman–Crippen LogP) is 3.27. The van der Waals surface area contributed by atoms with Crippen LogP contribution in [0.4, 0.5) is 8.78 Å². The van der Waals surface area contributed by atoms with Gasteiger partial charge in [0.1, 0.15) is 12.2 Å². The maximum atomic E-state index is 15.3. The van der Waals surface area contributed by atoms with Crippen molar-refractivity contribution < 1.29 is 23.1 Å². The van der Waals surface area contributed by atoms with Gasteiger partial charge in [0.25, 0.3) is 5.91 Å². The van der Waals surface area contributed by atoms with Gasteiger partial charge in [0.15, 0.2) is 17.3 Å². The molecule has 0 radical (unpaired) electrons. The van der Waals surface area contributed by atoms with E-state index < -0.39 is 23.6 Å². The average Bonchev–Trinajstić information content (AvgIpc) is 3.76. The second-order valence-electron chi connectivity index (χ2n) is 9.83. The first kappa shape index (κ1) is 27.6. The third kappa shape index (κ3) is 4.92. The summed E-state index contributed by atoms with van der Waals surface area (Å²) in [7, 11) is 1.49. The molecule has 0 spiro atoms. The third-order valence-electron chi connectivity index (χ3n) is 7.40. The van der Waals surface area contributed by atoms with Gasteiger partial charge in [-0.15, -0.1) is 5.10 Å². The summed E-state index contributed by atoms with van der Waals surface area (Å²) < 4.78 is 36.9. The van der Waals surface area contributed by atoms with Crippen molar-refractivity contribution in [1.29, 1.82) is 0 Å². The lowest BCUT2D eigenvalue weighted by atomic mass is 9.92. The number of aromatic amines is 1. The highest BCUT2D eigenvalue weighted by Crippen LogP contribution is 2.44. The van der Waals surface area contributed by atoms with E-state index in [0.717, 1.165) is 0 Å². The number of amides is 2. The summed E-state index contributed by atoms with van der Waals surface area (Å²) in [6.07, 6.45) is 7.15. The Morgan fingerprint density at radius 2 is 2.07 bits per heavy atom. The number of nitrogens with one attached hydrogen (secondary N) is 2. The summed E-state index contributed by atoms with van der Waals surface area (Å²) in [5, 5.41) is 13.6. The monoisotopic (exact) mass is 595 g/mol. The molecule has 3 aromatic heterocycles. The summed E-state index contributed by atoms with van der Waals surface area (Å²) >= 11 is 6.11. The van der Waals surface area contributed by atoms with Crippen LogP contribution in [0.25, 0.3) is 22.5 Å². The van der Waals surface area contributed by atoms with Gasteiger partial charge in [-0.25, -0.2) is 18.7 Å². The number of hydrogen-bond donors (Lipinski definition) is 2. The number of tetrazole rings is 1. The number of nitrogens with zero attached hydrogens (tertiary/aromatic N) is 7. The molecule has 12 nitrogen and oxygen atoms in total. The zero-order chi connectivity index (χ0) is 29.4. The second kappa shape index (κ2) is 11.4. The molecule has 2 aliphatic rings. The minimum atomic E-state index is -0.796. The Hall–Kier alpha value is -4.56. The number of halogens is 3. The lowest BCUT2D eigenvalue weighted by molar-refractivity contribution is -0.129. The molecule has 0 saturated carbocycles. The molecular formula is C27H24ClF2N9O3. The van der Waals surface area contributed by atoms with Crippen LogP contribution in [-0.4, -0.2) is 78.2 Å². The van der Waals surface area contributed by atoms with Crippen molar-refractivity contribution in [3.8, 4) is 16.9 Å². The molecule has 5 heterocycles. The zero-order valence-electron chi connectivity index (χ0n) is 22.2. The van der Waals surface area contributed by atoms with Gasteiger partial charge in [0.05, 0.1) is 35.2 Å². The lowest BCUT2D eigenvalue weighted by Gasteiger charge is -2.33. The van der Waals surface area contributed by atoms with Gasteiger partial charge < -0.3 is 19.9 Å². The smallest absolute Gasteiger partial charge is 0.273 e. The van der Waals surface area contributed by atoms with E-state index in [4.69, 9.17) is 16.3 Å². The predicted molar refractivity (Wildman–Crippen MR) is 145 cm³/mol. The summed E-state index contributed by atoms with van der Waals surface area (Å²) in [5.41, 5.74) is 1.13. The minimum Gasteiger partial charge on any atom is -0.383 e. The number of fused-ring (bicyclic) bond motifs is 1. The van der Waals surface area contributed by atoms with Crippen LogP contribution >= 0.6 is 11.6 Å². The van der Waals surface area contributed by atoms with Gasteiger partial charge in [0, 0.05) is 43.1 Å². The number of rotatable bonds is 8. The molecule has 2 aliphatic heterocycles. The van der Waals surface area contributed by atoms with Crippen LogP contribution in [0.15, 0.2) is 43.0 Å². The lowest BCUT2D eigenvalue weighted by Crippen LogP contribution is -2.39. The van der Waals surface area contributed by atoms with E-state index in [2.05, 4.69) is 35.8 Å². The number of imidazole rings is 1. The number of benzene rings is 1. The maximum absolute atomic E-state index is 15.3. The van der Waals surface area contributed by atoms with Crippen molar-refractivity contribution in [2.75, 3.05) is 20.3 Å². The Morgan fingerprint density at radius 1 is 1.21 bits per heavy atom. The first-order valence-corrected chi connectivity index (χ1v) is 13.5. The molecule has 0 bridgehead atoms. The number of carbonyl (C=O) groups excluding carboxylic acids is 2. The van der Waals surface area contributed by atoms with Gasteiger partial charge in [-0.05, 0) is 53.5 Å². The SMILES string of the molecule is COCCNC(=O)c1nccc(-c2cnc([C@@H]3CC[C@@H]4CC(c5c(-n6cnnn6)ccc(Cl)c5F)=CC(=O)N43)[nH]2)c1F.